The van der Waals surface area contributed by atoms with Crippen molar-refractivity contribution >= 4 is 35.1 Å². The van der Waals surface area contributed by atoms with Gasteiger partial charge in [0.2, 0.25) is 6.10 Å². The molecule has 1 aliphatic carbocycles. The molecule has 0 heterocycles. The first-order valence-electron chi connectivity index (χ1n) is 15.8. The van der Waals surface area contributed by atoms with Gasteiger partial charge in [0.1, 0.15) is 35.2 Å². The van der Waals surface area contributed by atoms with Crippen LogP contribution in [0, 0.1) is 42.4 Å². The zero-order valence-corrected chi connectivity index (χ0v) is 30.0. The number of carbonyl (C=O) groups excluding carboxylic acids is 3. The Morgan fingerprint density at radius 2 is 1.57 bits per heavy atom. The third-order valence-electron chi connectivity index (χ3n) is 8.40. The quantitative estimate of drug-likeness (QED) is 0.181. The molecule has 4 atom stereocenters. The fourth-order valence-electron chi connectivity index (χ4n) is 5.60. The van der Waals surface area contributed by atoms with Crippen LogP contribution in [0.1, 0.15) is 43.6 Å². The standard InChI is InChI=1S/C23H19ClF3NO3.C15H21NO4/c1-22(2)17(12-19(24)23(25,26)27)20(22)21(29)31-18(13-28)14-7-6-10-16(11-14)30-15-8-4-3-5-9-15;1-10-7-6-8-11(2)14(10)16(13(17)9-19-4)12(3)15(18)20-5/h3-12,17-18,20H,1-2H3;6-8,12H,9H2,1-5H3/b19-12-;/t17-,18?,20-;12-/m01/s1. The number of nitriles is 1. The molecule has 1 aliphatic rings. The molecule has 0 aromatic heterocycles. The fraction of sp³-hybridized carbons (Fsp3) is 0.368. The highest BCUT2D eigenvalue weighted by molar-refractivity contribution is 6.30. The van der Waals surface area contributed by atoms with E-state index in [1.54, 1.807) is 57.2 Å². The van der Waals surface area contributed by atoms with Gasteiger partial charge in [0, 0.05) is 12.7 Å². The summed E-state index contributed by atoms with van der Waals surface area (Å²) in [5.74, 6) is -2.01. The number of carbonyl (C=O) groups is 3. The number of anilines is 1. The molecule has 13 heteroatoms. The zero-order chi connectivity index (χ0) is 38.1. The smallest absolute Gasteiger partial charge is 0.426 e. The van der Waals surface area contributed by atoms with E-state index in [9.17, 15) is 32.8 Å². The Balaban J connectivity index is 0.000000304. The molecule has 4 rings (SSSR count). The molecule has 0 saturated heterocycles. The molecule has 0 N–H and O–H groups in total. The van der Waals surface area contributed by atoms with Crippen molar-refractivity contribution in [3.63, 3.8) is 0 Å². The van der Waals surface area contributed by atoms with Gasteiger partial charge < -0.3 is 18.9 Å². The van der Waals surface area contributed by atoms with Crippen LogP contribution in [-0.2, 0) is 28.6 Å². The second-order valence-electron chi connectivity index (χ2n) is 12.4. The molecule has 51 heavy (non-hydrogen) atoms. The Hall–Kier alpha value is -4.86. The Bertz CT molecular complexity index is 1750. The van der Waals surface area contributed by atoms with Crippen LogP contribution < -0.4 is 9.64 Å². The van der Waals surface area contributed by atoms with Crippen LogP contribution in [0.2, 0.25) is 0 Å². The summed E-state index contributed by atoms with van der Waals surface area (Å²) in [4.78, 5) is 38.2. The minimum absolute atomic E-state index is 0.0882. The minimum Gasteiger partial charge on any atom is -0.467 e. The van der Waals surface area contributed by atoms with Gasteiger partial charge in [-0.25, -0.2) is 4.79 Å². The second kappa shape index (κ2) is 17.4. The lowest BCUT2D eigenvalue weighted by Crippen LogP contribution is -2.46. The second-order valence-corrected chi connectivity index (χ2v) is 12.8. The maximum absolute atomic E-state index is 12.7. The van der Waals surface area contributed by atoms with Gasteiger partial charge >= 0.3 is 18.1 Å². The minimum atomic E-state index is -4.68. The molecule has 9 nitrogen and oxygen atoms in total. The summed E-state index contributed by atoms with van der Waals surface area (Å²) in [5.41, 5.74) is 2.20. The number of allylic oxidation sites excluding steroid dienone is 2. The number of para-hydroxylation sites is 2. The summed E-state index contributed by atoms with van der Waals surface area (Å²) >= 11 is 5.32. The number of hydrogen-bond acceptors (Lipinski definition) is 8. The normalized spacial score (nSPS) is 17.4. The highest BCUT2D eigenvalue weighted by Crippen LogP contribution is 2.60. The summed E-state index contributed by atoms with van der Waals surface area (Å²) in [5, 5.41) is 8.23. The van der Waals surface area contributed by atoms with Crippen LogP contribution in [-0.4, -0.2) is 50.9 Å². The highest BCUT2D eigenvalue weighted by Gasteiger charge is 2.62. The number of benzene rings is 3. The lowest BCUT2D eigenvalue weighted by molar-refractivity contribution is -0.149. The van der Waals surface area contributed by atoms with Crippen molar-refractivity contribution in [1.29, 1.82) is 5.26 Å². The summed E-state index contributed by atoms with van der Waals surface area (Å²) in [7, 11) is 2.76. The zero-order valence-electron chi connectivity index (χ0n) is 29.3. The van der Waals surface area contributed by atoms with Crippen LogP contribution in [0.5, 0.6) is 11.5 Å². The van der Waals surface area contributed by atoms with Gasteiger partial charge in [0.15, 0.2) is 0 Å². The van der Waals surface area contributed by atoms with Crippen molar-refractivity contribution in [3.05, 3.63) is 101 Å². The predicted octanol–water partition coefficient (Wildman–Crippen LogP) is 8.39. The molecule has 0 spiro atoms. The van der Waals surface area contributed by atoms with Crippen molar-refractivity contribution in [2.75, 3.05) is 25.7 Å². The molecule has 1 fully saturated rings. The van der Waals surface area contributed by atoms with E-state index in [0.717, 1.165) is 22.9 Å². The molecule has 3 aromatic carbocycles. The molecule has 0 aliphatic heterocycles. The number of rotatable bonds is 11. The molecule has 0 bridgehead atoms. The number of methoxy groups -OCH3 is 2. The average Bonchev–Trinajstić information content (AvgIpc) is 3.63. The van der Waals surface area contributed by atoms with Gasteiger partial charge in [0.25, 0.3) is 5.91 Å². The first kappa shape index (κ1) is 40.6. The summed E-state index contributed by atoms with van der Waals surface area (Å²) in [6.07, 6.45) is -5.07. The SMILES string of the molecule is CC1(C)[C@H](C(=O)OC(C#N)c2cccc(Oc3ccccc3)c2)[C@@H]1/C=C(\Cl)C(F)(F)F.COCC(=O)N(c1c(C)cccc1C)[C@H](C)C(=O)OC. The van der Waals surface area contributed by atoms with Crippen molar-refractivity contribution in [2.45, 2.75) is 52.9 Å². The molecule has 1 unspecified atom stereocenters. The van der Waals surface area contributed by atoms with Gasteiger partial charge in [0.05, 0.1) is 18.7 Å². The van der Waals surface area contributed by atoms with Crippen LogP contribution in [0.25, 0.3) is 0 Å². The van der Waals surface area contributed by atoms with Crippen LogP contribution in [0.3, 0.4) is 0 Å². The van der Waals surface area contributed by atoms with Gasteiger partial charge in [-0.3, -0.25) is 14.5 Å². The maximum Gasteiger partial charge on any atom is 0.426 e. The van der Waals surface area contributed by atoms with Crippen molar-refractivity contribution in [3.8, 4) is 17.6 Å². The Morgan fingerprint density at radius 1 is 0.980 bits per heavy atom. The maximum atomic E-state index is 12.7. The van der Waals surface area contributed by atoms with E-state index in [-0.39, 0.29) is 12.5 Å². The topological polar surface area (TPSA) is 115 Å². The number of halogens is 4. The van der Waals surface area contributed by atoms with Crippen molar-refractivity contribution < 1.29 is 46.5 Å². The van der Waals surface area contributed by atoms with Crippen LogP contribution >= 0.6 is 11.6 Å². The van der Waals surface area contributed by atoms with Crippen LogP contribution in [0.15, 0.2) is 83.9 Å². The molecule has 0 radical (unpaired) electrons. The number of hydrogen-bond donors (Lipinski definition) is 0. The summed E-state index contributed by atoms with van der Waals surface area (Å²) in [6, 6.07) is 22.4. The molecular weight excluding hydrogens is 689 g/mol. The molecular formula is C38H40ClF3N2O7. The first-order valence-corrected chi connectivity index (χ1v) is 16.2. The van der Waals surface area contributed by atoms with Gasteiger partial charge in [-0.2, -0.15) is 18.4 Å². The van der Waals surface area contributed by atoms with Crippen molar-refractivity contribution in [1.82, 2.24) is 0 Å². The molecule has 272 valence electrons. The lowest BCUT2D eigenvalue weighted by atomic mass is 10.1. The first-order chi connectivity index (χ1) is 24.0. The van der Waals surface area contributed by atoms with E-state index in [0.29, 0.717) is 17.1 Å². The number of esters is 2. The predicted molar refractivity (Wildman–Crippen MR) is 185 cm³/mol. The summed E-state index contributed by atoms with van der Waals surface area (Å²) < 4.78 is 58.9. The largest absolute Gasteiger partial charge is 0.467 e. The third-order valence-corrected chi connectivity index (χ3v) is 8.74. The van der Waals surface area contributed by atoms with E-state index >= 15 is 0 Å². The summed E-state index contributed by atoms with van der Waals surface area (Å²) in [6.45, 7) is 8.66. The van der Waals surface area contributed by atoms with Crippen LogP contribution in [0.4, 0.5) is 18.9 Å². The third kappa shape index (κ3) is 10.3. The highest BCUT2D eigenvalue weighted by atomic mass is 35.5. The van der Waals surface area contributed by atoms with Crippen molar-refractivity contribution in [2.24, 2.45) is 17.3 Å². The number of ether oxygens (including phenoxy) is 4. The van der Waals surface area contributed by atoms with E-state index in [1.165, 1.54) is 19.1 Å². The molecule has 1 amide bonds. The van der Waals surface area contributed by atoms with E-state index in [4.69, 9.17) is 30.5 Å². The van der Waals surface area contributed by atoms with E-state index < -0.39 is 52.5 Å². The van der Waals surface area contributed by atoms with E-state index in [1.807, 2.05) is 56.3 Å². The van der Waals surface area contributed by atoms with Gasteiger partial charge in [-0.1, -0.05) is 80.1 Å². The number of nitrogens with zero attached hydrogens (tertiary/aromatic N) is 2. The average molecular weight is 729 g/mol. The number of alkyl halides is 3. The van der Waals surface area contributed by atoms with Gasteiger partial charge in [-0.15, -0.1) is 0 Å². The van der Waals surface area contributed by atoms with Gasteiger partial charge in [-0.05, 0) is 67.5 Å². The Morgan fingerprint density at radius 3 is 2.12 bits per heavy atom. The lowest BCUT2D eigenvalue weighted by Gasteiger charge is -2.30. The van der Waals surface area contributed by atoms with E-state index in [2.05, 4.69) is 0 Å². The number of aryl methyl sites for hydroxylation is 2. The number of amides is 1. The Kier molecular flexibility index (Phi) is 13.8. The molecule has 1 saturated carbocycles. The Labute approximate surface area is 300 Å². The molecule has 3 aromatic rings. The monoisotopic (exact) mass is 728 g/mol. The fourth-order valence-corrected chi connectivity index (χ4v) is 5.74.